The Balaban J connectivity index is 2.35. The molecule has 11 nitrogen and oxygen atoms in total. The fourth-order valence-corrected chi connectivity index (χ4v) is 4.14. The van der Waals surface area contributed by atoms with E-state index in [1.807, 2.05) is 6.92 Å². The summed E-state index contributed by atoms with van der Waals surface area (Å²) >= 11 is 0. The van der Waals surface area contributed by atoms with Gasteiger partial charge < -0.3 is 28.4 Å². The van der Waals surface area contributed by atoms with Crippen molar-refractivity contribution in [2.75, 3.05) is 13.2 Å². The van der Waals surface area contributed by atoms with E-state index in [0.29, 0.717) is 29.9 Å². The molecule has 0 amide bonds. The molecule has 6 atom stereocenters. The van der Waals surface area contributed by atoms with Crippen LogP contribution < -0.4 is 0 Å². The van der Waals surface area contributed by atoms with Crippen molar-refractivity contribution in [1.82, 2.24) is 0 Å². The second-order valence-corrected chi connectivity index (χ2v) is 8.91. The second-order valence-electron chi connectivity index (χ2n) is 8.91. The molecule has 1 heterocycles. The van der Waals surface area contributed by atoms with Crippen LogP contribution in [-0.2, 0) is 52.4 Å². The lowest BCUT2D eigenvalue weighted by Gasteiger charge is -2.44. The lowest BCUT2D eigenvalue weighted by molar-refractivity contribution is -0.306. The van der Waals surface area contributed by atoms with Gasteiger partial charge in [0.25, 0.3) is 0 Å². The standard InChI is InChI=1S/C24H34O11/c1-12-7-8-18(19(29)9-12)13(2)10-31-24-23(34-17(6)28)22(33-16(5)27)21(32-15(4)26)20(35-24)11-30-14(3)25/h12,20-24H,7-11H2,1-6H3/b18-13+/t12-,20+,21+,22-,23+,24+/m0/s1. The van der Waals surface area contributed by atoms with Crippen LogP contribution in [0.25, 0.3) is 0 Å². The molecule has 0 aromatic heterocycles. The third-order valence-corrected chi connectivity index (χ3v) is 5.69. The van der Waals surface area contributed by atoms with Gasteiger partial charge in [-0.05, 0) is 36.8 Å². The monoisotopic (exact) mass is 498 g/mol. The second kappa shape index (κ2) is 12.8. The summed E-state index contributed by atoms with van der Waals surface area (Å²) in [7, 11) is 0. The highest BCUT2D eigenvalue weighted by molar-refractivity contribution is 5.96. The number of rotatable bonds is 8. The molecule has 2 aliphatic rings. The zero-order valence-electron chi connectivity index (χ0n) is 21.0. The summed E-state index contributed by atoms with van der Waals surface area (Å²) in [5, 5.41) is 0. The fraction of sp³-hybridized carbons (Fsp3) is 0.708. The summed E-state index contributed by atoms with van der Waals surface area (Å²) in [6.07, 6.45) is -4.23. The van der Waals surface area contributed by atoms with Gasteiger partial charge in [0.1, 0.15) is 12.7 Å². The summed E-state index contributed by atoms with van der Waals surface area (Å²) in [5.41, 5.74) is 1.39. The smallest absolute Gasteiger partial charge is 0.303 e. The van der Waals surface area contributed by atoms with E-state index < -0.39 is 54.6 Å². The van der Waals surface area contributed by atoms with Crippen LogP contribution in [0.1, 0.15) is 60.8 Å². The largest absolute Gasteiger partial charge is 0.463 e. The molecule has 1 saturated carbocycles. The SMILES string of the molecule is CC(=O)OC[C@H]1O[C@@H](OC/C(C)=C2\CC[C@H](C)CC2=O)[C@H](OC(C)=O)[C@@H](OC(C)=O)[C@@H]1OC(C)=O. The summed E-state index contributed by atoms with van der Waals surface area (Å²) < 4.78 is 32.9. The van der Waals surface area contributed by atoms with Crippen LogP contribution in [0.3, 0.4) is 0 Å². The van der Waals surface area contributed by atoms with Crippen LogP contribution in [0.2, 0.25) is 0 Å². The van der Waals surface area contributed by atoms with E-state index >= 15 is 0 Å². The van der Waals surface area contributed by atoms with E-state index in [9.17, 15) is 24.0 Å². The molecule has 35 heavy (non-hydrogen) atoms. The summed E-state index contributed by atoms with van der Waals surface area (Å²) in [6, 6.07) is 0. The number of carbonyl (C=O) groups excluding carboxylic acids is 5. The maximum absolute atomic E-state index is 12.5. The van der Waals surface area contributed by atoms with Crippen molar-refractivity contribution in [2.24, 2.45) is 5.92 Å². The lowest BCUT2D eigenvalue weighted by Crippen LogP contribution is -2.63. The number of hydrogen-bond donors (Lipinski definition) is 0. The Kier molecular flexibility index (Phi) is 10.4. The van der Waals surface area contributed by atoms with Gasteiger partial charge in [0.05, 0.1) is 6.61 Å². The maximum Gasteiger partial charge on any atom is 0.303 e. The van der Waals surface area contributed by atoms with Crippen LogP contribution in [0.4, 0.5) is 0 Å². The van der Waals surface area contributed by atoms with Crippen LogP contribution >= 0.6 is 0 Å². The van der Waals surface area contributed by atoms with Crippen molar-refractivity contribution in [2.45, 2.75) is 91.5 Å². The van der Waals surface area contributed by atoms with E-state index in [0.717, 1.165) is 27.2 Å². The first-order valence-corrected chi connectivity index (χ1v) is 11.5. The molecule has 196 valence electrons. The van der Waals surface area contributed by atoms with Crippen molar-refractivity contribution in [1.29, 1.82) is 0 Å². The Morgan fingerprint density at radius 2 is 1.43 bits per heavy atom. The van der Waals surface area contributed by atoms with E-state index in [-0.39, 0.29) is 19.0 Å². The number of Topliss-reactive ketones (excluding diaryl/α,β-unsaturated/α-hetero) is 1. The van der Waals surface area contributed by atoms with Gasteiger partial charge in [0, 0.05) is 34.1 Å². The highest BCUT2D eigenvalue weighted by atomic mass is 16.7. The van der Waals surface area contributed by atoms with Gasteiger partial charge >= 0.3 is 23.9 Å². The van der Waals surface area contributed by atoms with E-state index in [1.54, 1.807) is 6.92 Å². The molecule has 0 spiro atoms. The molecular weight excluding hydrogens is 464 g/mol. The summed E-state index contributed by atoms with van der Waals surface area (Å²) in [5.74, 6) is -2.38. The topological polar surface area (TPSA) is 141 Å². The molecular formula is C24H34O11. The third kappa shape index (κ3) is 8.43. The van der Waals surface area contributed by atoms with Gasteiger partial charge in [-0.15, -0.1) is 0 Å². The molecule has 11 heteroatoms. The van der Waals surface area contributed by atoms with Gasteiger partial charge in [-0.2, -0.15) is 0 Å². The van der Waals surface area contributed by atoms with Gasteiger partial charge in [-0.1, -0.05) is 6.92 Å². The molecule has 2 rings (SSSR count). The Labute approximate surface area is 204 Å². The van der Waals surface area contributed by atoms with Crippen molar-refractivity contribution in [3.05, 3.63) is 11.1 Å². The molecule has 1 saturated heterocycles. The van der Waals surface area contributed by atoms with Crippen LogP contribution in [0, 0.1) is 5.92 Å². The summed E-state index contributed by atoms with van der Waals surface area (Å²) in [6.45, 7) is 8.08. The number of hydrogen-bond acceptors (Lipinski definition) is 11. The molecule has 0 radical (unpaired) electrons. The number of ether oxygens (including phenoxy) is 6. The summed E-state index contributed by atoms with van der Waals surface area (Å²) in [4.78, 5) is 59.4. The normalized spacial score (nSPS) is 30.2. The third-order valence-electron chi connectivity index (χ3n) is 5.69. The number of allylic oxidation sites excluding steroid dienone is 1. The Hall–Kier alpha value is -2.79. The molecule has 0 unspecified atom stereocenters. The molecule has 1 aliphatic carbocycles. The first-order chi connectivity index (χ1) is 16.4. The first-order valence-electron chi connectivity index (χ1n) is 11.5. The molecule has 0 bridgehead atoms. The number of carbonyl (C=O) groups is 5. The minimum Gasteiger partial charge on any atom is -0.463 e. The zero-order valence-corrected chi connectivity index (χ0v) is 21.0. The quantitative estimate of drug-likeness (QED) is 0.275. The Bertz CT molecular complexity index is 862. The predicted molar refractivity (Wildman–Crippen MR) is 119 cm³/mol. The maximum atomic E-state index is 12.5. The Morgan fingerprint density at radius 3 is 1.97 bits per heavy atom. The van der Waals surface area contributed by atoms with E-state index in [4.69, 9.17) is 28.4 Å². The zero-order chi connectivity index (χ0) is 26.3. The van der Waals surface area contributed by atoms with Gasteiger partial charge in [0.15, 0.2) is 30.4 Å². The van der Waals surface area contributed by atoms with Gasteiger partial charge in [-0.25, -0.2) is 0 Å². The highest BCUT2D eigenvalue weighted by Crippen LogP contribution is 2.31. The highest BCUT2D eigenvalue weighted by Gasteiger charge is 2.52. The minimum absolute atomic E-state index is 0.0246. The van der Waals surface area contributed by atoms with E-state index in [1.165, 1.54) is 6.92 Å². The predicted octanol–water partition coefficient (Wildman–Crippen LogP) is 1.79. The van der Waals surface area contributed by atoms with Crippen LogP contribution in [0.5, 0.6) is 0 Å². The van der Waals surface area contributed by atoms with Gasteiger partial charge in [0.2, 0.25) is 0 Å². The van der Waals surface area contributed by atoms with Crippen molar-refractivity contribution < 1.29 is 52.4 Å². The van der Waals surface area contributed by atoms with Crippen molar-refractivity contribution in [3.8, 4) is 0 Å². The van der Waals surface area contributed by atoms with Crippen molar-refractivity contribution in [3.63, 3.8) is 0 Å². The first kappa shape index (κ1) is 28.4. The number of ketones is 1. The fourth-order valence-electron chi connectivity index (χ4n) is 4.14. The molecule has 0 aromatic carbocycles. The average molecular weight is 499 g/mol. The lowest BCUT2D eigenvalue weighted by atomic mass is 9.84. The molecule has 1 aliphatic heterocycles. The van der Waals surface area contributed by atoms with Crippen LogP contribution in [0.15, 0.2) is 11.1 Å². The van der Waals surface area contributed by atoms with Crippen molar-refractivity contribution >= 4 is 29.7 Å². The minimum atomic E-state index is -1.30. The van der Waals surface area contributed by atoms with Gasteiger partial charge in [-0.3, -0.25) is 24.0 Å². The molecule has 2 fully saturated rings. The molecule has 0 aromatic rings. The average Bonchev–Trinajstić information content (AvgIpc) is 2.73. The molecule has 0 N–H and O–H groups in total. The van der Waals surface area contributed by atoms with E-state index in [2.05, 4.69) is 0 Å². The van der Waals surface area contributed by atoms with Crippen LogP contribution in [-0.4, -0.2) is 73.6 Å². The number of esters is 4. The Morgan fingerprint density at radius 1 is 0.857 bits per heavy atom.